The second kappa shape index (κ2) is 6.19. The van der Waals surface area contributed by atoms with Gasteiger partial charge in [0.2, 0.25) is 0 Å². The van der Waals surface area contributed by atoms with Crippen LogP contribution in [-0.2, 0) is 0 Å². The first-order chi connectivity index (χ1) is 7.35. The molecule has 0 heterocycles. The van der Waals surface area contributed by atoms with Crippen molar-refractivity contribution in [3.8, 4) is 0 Å². The number of nitrogens with one attached hydrogen (secondary N) is 1. The normalized spacial score (nSPS) is 10.6. The van der Waals surface area contributed by atoms with Gasteiger partial charge in [0.15, 0.2) is 0 Å². The van der Waals surface area contributed by atoms with E-state index in [-0.39, 0.29) is 24.5 Å². The van der Waals surface area contributed by atoms with Crippen LogP contribution in [0, 0.1) is 5.82 Å². The van der Waals surface area contributed by atoms with E-state index in [1.54, 1.807) is 13.8 Å². The van der Waals surface area contributed by atoms with Crippen molar-refractivity contribution in [2.75, 3.05) is 6.54 Å². The number of rotatable bonds is 3. The zero-order valence-corrected chi connectivity index (χ0v) is 11.2. The third kappa shape index (κ3) is 4.50. The molecule has 3 nitrogen and oxygen atoms in total. The maximum atomic E-state index is 13.3. The fourth-order valence-corrected chi connectivity index (χ4v) is 1.27. The van der Waals surface area contributed by atoms with Crippen LogP contribution in [0.5, 0.6) is 0 Å². The van der Waals surface area contributed by atoms with Crippen molar-refractivity contribution in [1.82, 2.24) is 5.32 Å². The Morgan fingerprint density at radius 3 is 2.65 bits per heavy atom. The number of carbonyl (C=O) groups excluding carboxylic acids is 1. The van der Waals surface area contributed by atoms with E-state index in [9.17, 15) is 9.18 Å². The van der Waals surface area contributed by atoms with Crippen LogP contribution in [0.2, 0.25) is 5.02 Å². The van der Waals surface area contributed by atoms with Gasteiger partial charge in [-0.3, -0.25) is 4.79 Å². The molecule has 0 saturated heterocycles. The molecule has 17 heavy (non-hydrogen) atoms. The largest absolute Gasteiger partial charge is 0.346 e. The van der Waals surface area contributed by atoms with Crippen molar-refractivity contribution in [2.45, 2.75) is 19.4 Å². The van der Waals surface area contributed by atoms with E-state index in [2.05, 4.69) is 5.32 Å². The monoisotopic (exact) mass is 280 g/mol. The summed E-state index contributed by atoms with van der Waals surface area (Å²) in [5.74, 6) is -1.12. The van der Waals surface area contributed by atoms with Gasteiger partial charge in [-0.05, 0) is 32.0 Å². The molecule has 0 radical (unpaired) electrons. The molecule has 0 bridgehead atoms. The van der Waals surface area contributed by atoms with Crippen molar-refractivity contribution in [1.29, 1.82) is 0 Å². The van der Waals surface area contributed by atoms with Crippen LogP contribution in [0.25, 0.3) is 0 Å². The average Bonchev–Trinajstić information content (AvgIpc) is 2.21. The molecule has 0 aliphatic rings. The van der Waals surface area contributed by atoms with Gasteiger partial charge >= 0.3 is 0 Å². The molecule has 6 heteroatoms. The summed E-state index contributed by atoms with van der Waals surface area (Å²) in [4.78, 5) is 11.7. The minimum absolute atomic E-state index is 0. The number of benzene rings is 1. The SMILES string of the molecule is CC(C)(CN)NC(=O)c1cc(Cl)ccc1F.Cl. The molecule has 0 aliphatic carbocycles. The number of amides is 1. The Hall–Kier alpha value is -0.840. The molecule has 96 valence electrons. The molecule has 1 rings (SSSR count). The first kappa shape index (κ1) is 16.2. The molecular formula is C11H15Cl2FN2O. The van der Waals surface area contributed by atoms with Crippen molar-refractivity contribution in [3.05, 3.63) is 34.6 Å². The van der Waals surface area contributed by atoms with E-state index in [4.69, 9.17) is 17.3 Å². The molecule has 0 aromatic heterocycles. The molecule has 1 aromatic carbocycles. The van der Waals surface area contributed by atoms with Gasteiger partial charge in [0, 0.05) is 17.1 Å². The Bertz CT molecular complexity index is 410. The zero-order chi connectivity index (χ0) is 12.3. The van der Waals surface area contributed by atoms with Crippen LogP contribution in [0.4, 0.5) is 4.39 Å². The van der Waals surface area contributed by atoms with Crippen LogP contribution in [0.15, 0.2) is 18.2 Å². The molecule has 0 fully saturated rings. The van der Waals surface area contributed by atoms with Crippen molar-refractivity contribution in [2.24, 2.45) is 5.73 Å². The summed E-state index contributed by atoms with van der Waals surface area (Å²) in [5, 5.41) is 2.94. The standard InChI is InChI=1S/C11H14ClFN2O.ClH/c1-11(2,6-14)15-10(16)8-5-7(12)3-4-9(8)13;/h3-5H,6,14H2,1-2H3,(H,15,16);1H. The summed E-state index contributed by atoms with van der Waals surface area (Å²) in [5.41, 5.74) is 4.81. The van der Waals surface area contributed by atoms with Gasteiger partial charge in [-0.25, -0.2) is 4.39 Å². The van der Waals surface area contributed by atoms with Crippen LogP contribution in [-0.4, -0.2) is 18.0 Å². The molecule has 0 unspecified atom stereocenters. The minimum atomic E-state index is -0.602. The molecule has 0 spiro atoms. The van der Waals surface area contributed by atoms with E-state index in [0.717, 1.165) is 6.07 Å². The van der Waals surface area contributed by atoms with Crippen LogP contribution >= 0.6 is 24.0 Å². The zero-order valence-electron chi connectivity index (χ0n) is 9.59. The highest BCUT2D eigenvalue weighted by atomic mass is 35.5. The number of halogens is 3. The van der Waals surface area contributed by atoms with E-state index in [0.29, 0.717) is 5.02 Å². The lowest BCUT2D eigenvalue weighted by Crippen LogP contribution is -2.49. The van der Waals surface area contributed by atoms with E-state index in [1.807, 2.05) is 0 Å². The highest BCUT2D eigenvalue weighted by molar-refractivity contribution is 6.31. The fraction of sp³-hybridized carbons (Fsp3) is 0.364. The Labute approximate surface area is 111 Å². The smallest absolute Gasteiger partial charge is 0.254 e. The first-order valence-electron chi connectivity index (χ1n) is 4.83. The highest BCUT2D eigenvalue weighted by Crippen LogP contribution is 2.15. The van der Waals surface area contributed by atoms with Crippen LogP contribution in [0.3, 0.4) is 0 Å². The quantitative estimate of drug-likeness (QED) is 0.893. The fourth-order valence-electron chi connectivity index (χ4n) is 1.10. The maximum absolute atomic E-state index is 13.3. The minimum Gasteiger partial charge on any atom is -0.346 e. The van der Waals surface area contributed by atoms with Gasteiger partial charge in [-0.15, -0.1) is 12.4 Å². The Morgan fingerprint density at radius 1 is 1.53 bits per heavy atom. The van der Waals surface area contributed by atoms with Gasteiger partial charge < -0.3 is 11.1 Å². The van der Waals surface area contributed by atoms with Gasteiger partial charge in [0.05, 0.1) is 5.56 Å². The molecule has 0 aliphatic heterocycles. The third-order valence-corrected chi connectivity index (χ3v) is 2.37. The summed E-state index contributed by atoms with van der Waals surface area (Å²) >= 11 is 5.69. The van der Waals surface area contributed by atoms with E-state index in [1.165, 1.54) is 12.1 Å². The molecule has 0 atom stereocenters. The van der Waals surface area contributed by atoms with Gasteiger partial charge in [-0.1, -0.05) is 11.6 Å². The summed E-state index contributed by atoms with van der Waals surface area (Å²) in [7, 11) is 0. The topological polar surface area (TPSA) is 55.1 Å². The summed E-state index contributed by atoms with van der Waals surface area (Å²) in [6, 6.07) is 3.84. The predicted molar refractivity (Wildman–Crippen MR) is 69.3 cm³/mol. The summed E-state index contributed by atoms with van der Waals surface area (Å²) < 4.78 is 13.3. The van der Waals surface area contributed by atoms with E-state index < -0.39 is 17.3 Å². The number of nitrogens with two attached hydrogens (primary N) is 1. The Balaban J connectivity index is 0.00000256. The van der Waals surface area contributed by atoms with Crippen LogP contribution < -0.4 is 11.1 Å². The maximum Gasteiger partial charge on any atom is 0.254 e. The third-order valence-electron chi connectivity index (χ3n) is 2.14. The lowest BCUT2D eigenvalue weighted by Gasteiger charge is -2.24. The summed E-state index contributed by atoms with van der Waals surface area (Å²) in [6.07, 6.45) is 0. The lowest BCUT2D eigenvalue weighted by atomic mass is 10.1. The number of hydrogen-bond acceptors (Lipinski definition) is 2. The molecule has 1 amide bonds. The van der Waals surface area contributed by atoms with Crippen LogP contribution in [0.1, 0.15) is 24.2 Å². The molecular weight excluding hydrogens is 266 g/mol. The summed E-state index contributed by atoms with van der Waals surface area (Å²) in [6.45, 7) is 3.78. The van der Waals surface area contributed by atoms with Gasteiger partial charge in [0.1, 0.15) is 5.82 Å². The number of hydrogen-bond donors (Lipinski definition) is 2. The van der Waals surface area contributed by atoms with Crippen molar-refractivity contribution < 1.29 is 9.18 Å². The van der Waals surface area contributed by atoms with E-state index >= 15 is 0 Å². The van der Waals surface area contributed by atoms with Gasteiger partial charge in [-0.2, -0.15) is 0 Å². The second-order valence-corrected chi connectivity index (χ2v) is 4.60. The van der Waals surface area contributed by atoms with Gasteiger partial charge in [0.25, 0.3) is 5.91 Å². The molecule has 0 saturated carbocycles. The second-order valence-electron chi connectivity index (χ2n) is 4.17. The first-order valence-corrected chi connectivity index (χ1v) is 5.21. The number of carbonyl (C=O) groups is 1. The predicted octanol–water partition coefficient (Wildman–Crippen LogP) is 2.37. The van der Waals surface area contributed by atoms with Crippen molar-refractivity contribution >= 4 is 29.9 Å². The molecule has 3 N–H and O–H groups in total. The lowest BCUT2D eigenvalue weighted by molar-refractivity contribution is 0.0911. The van der Waals surface area contributed by atoms with Crippen molar-refractivity contribution in [3.63, 3.8) is 0 Å². The Morgan fingerprint density at radius 2 is 2.12 bits per heavy atom. The highest BCUT2D eigenvalue weighted by Gasteiger charge is 2.21. The Kier molecular flexibility index (Phi) is 5.88. The molecule has 1 aromatic rings. The average molecular weight is 281 g/mol.